The minimum absolute atomic E-state index is 0. The molecule has 5 aromatic carbocycles. The number of aromatic carboxylic acids is 1. The molecule has 0 spiro atoms. The maximum atomic E-state index is 10.2. The second-order valence-electron chi connectivity index (χ2n) is 7.08. The van der Waals surface area contributed by atoms with Gasteiger partial charge in [-0.2, -0.15) is 0 Å². The summed E-state index contributed by atoms with van der Waals surface area (Å²) in [5.41, 5.74) is 2.83. The second-order valence-corrected chi connectivity index (χ2v) is 8.33. The van der Waals surface area contributed by atoms with Crippen LogP contribution in [0.15, 0.2) is 97.1 Å². The zero-order chi connectivity index (χ0) is 21.8. The summed E-state index contributed by atoms with van der Waals surface area (Å²) in [7, 11) is 5.79. The summed E-state index contributed by atoms with van der Waals surface area (Å²) in [4.78, 5) is 10.2. The molecule has 2 atom stereocenters. The molecule has 2 unspecified atom stereocenters. The number of fused-ring (bicyclic) bond motifs is 2. The molecule has 0 aliphatic carbocycles. The first kappa shape index (κ1) is 26.8. The Balaban J connectivity index is 0.000000300. The second kappa shape index (κ2) is 12.2. The van der Waals surface area contributed by atoms with E-state index in [9.17, 15) is 4.79 Å². The first-order valence-corrected chi connectivity index (χ1v) is 11.0. The number of rotatable bonds is 2. The van der Waals surface area contributed by atoms with Crippen molar-refractivity contribution in [3.63, 3.8) is 0 Å². The van der Waals surface area contributed by atoms with Gasteiger partial charge in [-0.05, 0) is 43.3 Å². The molecule has 0 aromatic heterocycles. The van der Waals surface area contributed by atoms with Crippen molar-refractivity contribution < 1.29 is 30.0 Å². The average Bonchev–Trinajstić information content (AvgIpc) is 2.81. The summed E-state index contributed by atoms with van der Waals surface area (Å²) < 4.78 is 0. The molecule has 0 aliphatic rings. The molecule has 169 valence electrons. The van der Waals surface area contributed by atoms with Gasteiger partial charge >= 0.3 is 0 Å². The zero-order valence-corrected chi connectivity index (χ0v) is 22.8. The summed E-state index contributed by atoms with van der Waals surface area (Å²) in [6.07, 6.45) is 0. The van der Waals surface area contributed by atoms with E-state index >= 15 is 0 Å². The number of carboxylic acid groups (broad SMARTS) is 1. The van der Waals surface area contributed by atoms with E-state index in [1.165, 1.54) is 49.3 Å². The third-order valence-electron chi connectivity index (χ3n) is 5.11. The van der Waals surface area contributed by atoms with Crippen molar-refractivity contribution >= 4 is 56.6 Å². The molecule has 5 heteroatoms. The van der Waals surface area contributed by atoms with Crippen molar-refractivity contribution in [1.82, 2.24) is 0 Å². The fourth-order valence-corrected chi connectivity index (χ4v) is 4.45. The molecule has 0 saturated heterocycles. The van der Waals surface area contributed by atoms with Gasteiger partial charge in [-0.3, -0.25) is 0 Å². The van der Waals surface area contributed by atoms with Crippen LogP contribution in [0.2, 0.25) is 0 Å². The predicted molar refractivity (Wildman–Crippen MR) is 144 cm³/mol. The molecular weight excluding hydrogens is 622 g/mol. The van der Waals surface area contributed by atoms with Gasteiger partial charge in [-0.15, -0.1) is 48.8 Å². The molecule has 1 radical (unpaired) electrons. The van der Waals surface area contributed by atoms with E-state index in [2.05, 4.69) is 97.3 Å². The van der Waals surface area contributed by atoms with Gasteiger partial charge in [0, 0.05) is 20.1 Å². The van der Waals surface area contributed by atoms with E-state index in [0.29, 0.717) is 0 Å². The van der Waals surface area contributed by atoms with Crippen molar-refractivity contribution in [2.45, 2.75) is 0 Å². The SMILES string of the molecule is O=C(O)c1[c-]cccc1.Pc1ccc2ccccc2c1-c1c(P)ccc2ccccc12.[CH3-].[Ir]. The van der Waals surface area contributed by atoms with Gasteiger partial charge in [-0.1, -0.05) is 78.4 Å². The number of benzene rings is 5. The smallest absolute Gasteiger partial charge is 0.247 e. The number of hydrogen-bond acceptors (Lipinski definition) is 1. The van der Waals surface area contributed by atoms with Crippen molar-refractivity contribution in [2.24, 2.45) is 0 Å². The Labute approximate surface area is 213 Å². The van der Waals surface area contributed by atoms with Crippen LogP contribution in [-0.2, 0) is 20.1 Å². The van der Waals surface area contributed by atoms with E-state index in [4.69, 9.17) is 5.11 Å². The standard InChI is InChI=1S/C20H16P2.C7H5O2.CH3.Ir/c21-17-11-9-13-5-1-3-7-15(13)19(17)20-16-8-4-2-6-14(16)10-12-18(20)22;8-7(9)6-4-2-1-3-5-6;;/h1-12H,21-22H2;1-4H,(H,8,9);1H3;/q;2*-1;. The Morgan fingerprint density at radius 3 is 1.52 bits per heavy atom. The molecular formula is C28H24IrO2P2-2. The molecule has 0 heterocycles. The van der Waals surface area contributed by atoms with E-state index in [1.54, 1.807) is 18.2 Å². The van der Waals surface area contributed by atoms with Gasteiger partial charge < -0.3 is 17.3 Å². The Kier molecular flexibility index (Phi) is 9.90. The van der Waals surface area contributed by atoms with Crippen LogP contribution >= 0.6 is 18.5 Å². The quantitative estimate of drug-likeness (QED) is 0.181. The van der Waals surface area contributed by atoms with Crippen LogP contribution < -0.4 is 10.6 Å². The first-order valence-electron chi connectivity index (χ1n) is 9.81. The summed E-state index contributed by atoms with van der Waals surface area (Å²) in [6.45, 7) is 0. The van der Waals surface area contributed by atoms with Gasteiger partial charge in [-0.25, -0.2) is 0 Å². The van der Waals surface area contributed by atoms with Crippen molar-refractivity contribution in [3.05, 3.63) is 116 Å². The van der Waals surface area contributed by atoms with Crippen molar-refractivity contribution in [2.75, 3.05) is 0 Å². The predicted octanol–water partition coefficient (Wildman–Crippen LogP) is 6.29. The molecule has 1 N–H and O–H groups in total. The van der Waals surface area contributed by atoms with Crippen LogP contribution in [-0.4, -0.2) is 11.1 Å². The van der Waals surface area contributed by atoms with Crippen LogP contribution in [0.1, 0.15) is 10.4 Å². The summed E-state index contributed by atoms with van der Waals surface area (Å²) >= 11 is 0. The van der Waals surface area contributed by atoms with Gasteiger partial charge in [0.15, 0.2) is 0 Å². The molecule has 5 rings (SSSR count). The van der Waals surface area contributed by atoms with Crippen LogP contribution in [0.5, 0.6) is 0 Å². The van der Waals surface area contributed by atoms with Crippen molar-refractivity contribution in [1.29, 1.82) is 0 Å². The summed E-state index contributed by atoms with van der Waals surface area (Å²) in [5.74, 6) is -0.935. The van der Waals surface area contributed by atoms with E-state index in [1.807, 2.05) is 0 Å². The fraction of sp³-hybridized carbons (Fsp3) is 0. The van der Waals surface area contributed by atoms with E-state index in [-0.39, 0.29) is 33.1 Å². The van der Waals surface area contributed by atoms with Crippen molar-refractivity contribution in [3.8, 4) is 11.1 Å². The van der Waals surface area contributed by atoms with Crippen LogP contribution in [0.25, 0.3) is 32.7 Å². The van der Waals surface area contributed by atoms with Gasteiger partial charge in [0.2, 0.25) is 5.97 Å². The molecule has 0 amide bonds. The normalized spacial score (nSPS) is 9.88. The fourth-order valence-electron chi connectivity index (χ4n) is 3.66. The largest absolute Gasteiger partial charge is 0.521 e. The number of carboxylic acids is 1. The minimum atomic E-state index is -0.935. The van der Waals surface area contributed by atoms with E-state index in [0.717, 1.165) is 0 Å². The van der Waals surface area contributed by atoms with E-state index < -0.39 is 5.97 Å². The van der Waals surface area contributed by atoms with Gasteiger partial charge in [0.25, 0.3) is 0 Å². The Bertz CT molecular complexity index is 1300. The Morgan fingerprint density at radius 2 is 1.12 bits per heavy atom. The molecule has 0 saturated carbocycles. The Hall–Kier alpha value is -2.40. The average molecular weight is 647 g/mol. The third-order valence-corrected chi connectivity index (χ3v) is 6.07. The molecule has 0 aliphatic heterocycles. The molecule has 0 bridgehead atoms. The molecule has 5 aromatic rings. The van der Waals surface area contributed by atoms with Gasteiger partial charge in [0.1, 0.15) is 0 Å². The molecule has 2 nitrogen and oxygen atoms in total. The summed E-state index contributed by atoms with van der Waals surface area (Å²) in [6, 6.07) is 35.0. The minimum Gasteiger partial charge on any atom is -0.521 e. The van der Waals surface area contributed by atoms with Gasteiger partial charge in [0.05, 0.1) is 0 Å². The zero-order valence-electron chi connectivity index (χ0n) is 18.1. The maximum Gasteiger partial charge on any atom is 0.247 e. The molecule has 33 heavy (non-hydrogen) atoms. The molecule has 0 fully saturated rings. The number of carbonyl (C=O) groups is 1. The van der Waals surface area contributed by atoms with Crippen LogP contribution in [0.4, 0.5) is 0 Å². The Morgan fingerprint density at radius 1 is 0.667 bits per heavy atom. The number of hydrogen-bond donors (Lipinski definition) is 1. The summed E-state index contributed by atoms with van der Waals surface area (Å²) in [5, 5.41) is 16.0. The topological polar surface area (TPSA) is 37.3 Å². The van der Waals surface area contributed by atoms with Crippen LogP contribution in [0, 0.1) is 13.5 Å². The monoisotopic (exact) mass is 647 g/mol. The third kappa shape index (κ3) is 5.94. The first-order chi connectivity index (χ1) is 15.1. The maximum absolute atomic E-state index is 10.2. The van der Waals surface area contributed by atoms with Crippen LogP contribution in [0.3, 0.4) is 0 Å².